The van der Waals surface area contributed by atoms with E-state index in [1.165, 1.54) is 19.1 Å². The van der Waals surface area contributed by atoms with Gasteiger partial charge in [-0.25, -0.2) is 9.59 Å². The number of carbonyl (C=O) groups is 3. The van der Waals surface area contributed by atoms with E-state index in [0.29, 0.717) is 0 Å². The number of nitrogens with one attached hydrogen (secondary N) is 1. The van der Waals surface area contributed by atoms with Crippen LogP contribution in [-0.4, -0.2) is 34.5 Å². The zero-order valence-corrected chi connectivity index (χ0v) is 16.3. The third kappa shape index (κ3) is 12.1. The normalized spacial score (nSPS) is 13.0. The summed E-state index contributed by atoms with van der Waals surface area (Å²) in [4.78, 5) is 34.6. The molecule has 0 saturated carbocycles. The number of amides is 1. The maximum Gasteiger partial charge on any atom is 0.319 e. The molecular formula is C14H25NO5Si2. The molecule has 0 aromatic carbocycles. The van der Waals surface area contributed by atoms with Crippen LogP contribution in [0.3, 0.4) is 0 Å². The Hall–Kier alpha value is -1.68. The van der Waals surface area contributed by atoms with Crippen molar-refractivity contribution in [3.8, 4) is 0 Å². The SMILES string of the molecule is CC(=O)[15NH]C(/C=C/C(=O)O[Si](C)(C)C)=C/C(=O)O[Si](C)(C)C. The molecule has 1 amide bonds. The second-order valence-electron chi connectivity index (χ2n) is 6.68. The van der Waals surface area contributed by atoms with Crippen molar-refractivity contribution in [2.75, 3.05) is 0 Å². The predicted molar refractivity (Wildman–Crippen MR) is 89.9 cm³/mol. The second kappa shape index (κ2) is 8.09. The van der Waals surface area contributed by atoms with Gasteiger partial charge in [-0.1, -0.05) is 0 Å². The first-order valence-electron chi connectivity index (χ1n) is 6.92. The number of hydrogen-bond donors (Lipinski definition) is 1. The molecule has 124 valence electrons. The summed E-state index contributed by atoms with van der Waals surface area (Å²) in [5, 5.41) is 2.47. The van der Waals surface area contributed by atoms with Crippen LogP contribution >= 0.6 is 0 Å². The van der Waals surface area contributed by atoms with Crippen LogP contribution in [0.5, 0.6) is 0 Å². The molecule has 0 spiro atoms. The fourth-order valence-electron chi connectivity index (χ4n) is 1.28. The summed E-state index contributed by atoms with van der Waals surface area (Å²) < 4.78 is 10.5. The third-order valence-corrected chi connectivity index (χ3v) is 3.43. The van der Waals surface area contributed by atoms with Gasteiger partial charge in [-0.2, -0.15) is 0 Å². The van der Waals surface area contributed by atoms with Crippen LogP contribution in [-0.2, 0) is 23.2 Å². The molecule has 0 aromatic heterocycles. The minimum Gasteiger partial charge on any atom is -0.517 e. The molecular weight excluding hydrogens is 319 g/mol. The second-order valence-corrected chi connectivity index (χ2v) is 15.5. The lowest BCUT2D eigenvalue weighted by molar-refractivity contribution is -0.130. The van der Waals surface area contributed by atoms with Crippen LogP contribution in [0.1, 0.15) is 6.92 Å². The molecule has 0 atom stereocenters. The highest BCUT2D eigenvalue weighted by molar-refractivity contribution is 6.71. The number of carbonyl (C=O) groups excluding carboxylic acids is 3. The number of hydrogen-bond acceptors (Lipinski definition) is 5. The van der Waals surface area contributed by atoms with Crippen molar-refractivity contribution in [2.45, 2.75) is 46.2 Å². The van der Waals surface area contributed by atoms with Crippen LogP contribution in [0.15, 0.2) is 23.9 Å². The Labute approximate surface area is 133 Å². The Morgan fingerprint density at radius 1 is 0.818 bits per heavy atom. The maximum absolute atomic E-state index is 11.8. The first-order chi connectivity index (χ1) is 9.78. The van der Waals surface area contributed by atoms with Gasteiger partial charge in [0.25, 0.3) is 0 Å². The Morgan fingerprint density at radius 3 is 1.68 bits per heavy atom. The van der Waals surface area contributed by atoms with Gasteiger partial charge in [0, 0.05) is 24.8 Å². The monoisotopic (exact) mass is 344 g/mol. The smallest absolute Gasteiger partial charge is 0.319 e. The van der Waals surface area contributed by atoms with Crippen LogP contribution in [0.4, 0.5) is 0 Å². The highest BCUT2D eigenvalue weighted by Crippen LogP contribution is 2.06. The molecule has 0 fully saturated rings. The molecule has 0 aliphatic heterocycles. The van der Waals surface area contributed by atoms with Crippen molar-refractivity contribution in [1.82, 2.24) is 5.32 Å². The van der Waals surface area contributed by atoms with Gasteiger partial charge < -0.3 is 14.2 Å². The van der Waals surface area contributed by atoms with Gasteiger partial charge in [-0.3, -0.25) is 4.79 Å². The van der Waals surface area contributed by atoms with Gasteiger partial charge in [-0.15, -0.1) is 0 Å². The first kappa shape index (κ1) is 20.3. The van der Waals surface area contributed by atoms with E-state index in [0.717, 1.165) is 6.08 Å². The van der Waals surface area contributed by atoms with E-state index in [9.17, 15) is 14.4 Å². The van der Waals surface area contributed by atoms with Crippen molar-refractivity contribution >= 4 is 34.5 Å². The summed E-state index contributed by atoms with van der Waals surface area (Å²) in [5.41, 5.74) is 0.184. The largest absolute Gasteiger partial charge is 0.517 e. The van der Waals surface area contributed by atoms with E-state index in [-0.39, 0.29) is 11.6 Å². The van der Waals surface area contributed by atoms with Crippen molar-refractivity contribution in [1.29, 1.82) is 0 Å². The molecule has 0 saturated heterocycles. The first-order valence-corrected chi connectivity index (χ1v) is 13.7. The standard InChI is InChI=1S/C14H25NO5Si2/c1-11(16)15-12(10-14(18)20-22(5,6)7)8-9-13(17)19-21(2,3)4/h8-10H,1-7H3,(H,15,16)/b9-8+,12-10+/i15+1. The van der Waals surface area contributed by atoms with Crippen LogP contribution in [0.2, 0.25) is 39.3 Å². The Balaban J connectivity index is 5.03. The van der Waals surface area contributed by atoms with E-state index in [1.54, 1.807) is 0 Å². The van der Waals surface area contributed by atoms with Crippen LogP contribution < -0.4 is 5.32 Å². The zero-order valence-electron chi connectivity index (χ0n) is 14.3. The molecule has 0 rings (SSSR count). The average Bonchev–Trinajstić information content (AvgIpc) is 2.19. The van der Waals surface area contributed by atoms with Crippen molar-refractivity contribution in [2.24, 2.45) is 0 Å². The fourth-order valence-corrected chi connectivity index (χ4v) is 2.62. The van der Waals surface area contributed by atoms with E-state index < -0.39 is 28.6 Å². The predicted octanol–water partition coefficient (Wildman–Crippen LogP) is 2.32. The lowest BCUT2D eigenvalue weighted by Gasteiger charge is -2.16. The Bertz CT molecular complexity index is 498. The van der Waals surface area contributed by atoms with Crippen LogP contribution in [0.25, 0.3) is 0 Å². The molecule has 0 aromatic rings. The highest BCUT2D eigenvalue weighted by Gasteiger charge is 2.20. The summed E-state index contributed by atoms with van der Waals surface area (Å²) in [7, 11) is -4.00. The molecule has 0 aliphatic carbocycles. The van der Waals surface area contributed by atoms with E-state index in [1.807, 2.05) is 39.3 Å². The molecule has 0 aliphatic rings. The zero-order chi connectivity index (χ0) is 17.6. The molecule has 0 unspecified atom stereocenters. The molecule has 0 heterocycles. The summed E-state index contributed by atoms with van der Waals surface area (Å²) in [6.07, 6.45) is 3.66. The molecule has 22 heavy (non-hydrogen) atoms. The van der Waals surface area contributed by atoms with Crippen LogP contribution in [0, 0.1) is 0 Å². The topological polar surface area (TPSA) is 81.7 Å². The van der Waals surface area contributed by atoms with E-state index in [4.69, 9.17) is 8.85 Å². The Kier molecular flexibility index (Phi) is 7.47. The van der Waals surface area contributed by atoms with Gasteiger partial charge in [0.2, 0.25) is 22.5 Å². The van der Waals surface area contributed by atoms with Gasteiger partial charge in [-0.05, 0) is 45.4 Å². The van der Waals surface area contributed by atoms with Gasteiger partial charge >= 0.3 is 11.9 Å². The lowest BCUT2D eigenvalue weighted by atomic mass is 10.3. The Morgan fingerprint density at radius 2 is 1.27 bits per heavy atom. The number of rotatable bonds is 6. The maximum atomic E-state index is 11.8. The molecule has 6 nitrogen and oxygen atoms in total. The molecule has 0 radical (unpaired) electrons. The van der Waals surface area contributed by atoms with Crippen molar-refractivity contribution in [3.63, 3.8) is 0 Å². The van der Waals surface area contributed by atoms with Gasteiger partial charge in [0.15, 0.2) is 0 Å². The minimum atomic E-state index is -2.02. The van der Waals surface area contributed by atoms with Gasteiger partial charge in [0.05, 0.1) is 0 Å². The molecule has 8 heteroatoms. The quantitative estimate of drug-likeness (QED) is 0.346. The summed E-state index contributed by atoms with van der Waals surface area (Å²) in [6, 6.07) is 0. The average molecular weight is 345 g/mol. The fraction of sp³-hybridized carbons (Fsp3) is 0.500. The number of allylic oxidation sites excluding steroid dienone is 1. The summed E-state index contributed by atoms with van der Waals surface area (Å²) in [6.45, 7) is 12.6. The van der Waals surface area contributed by atoms with Crippen molar-refractivity contribution < 1.29 is 23.2 Å². The summed E-state index contributed by atoms with van der Waals surface area (Å²) >= 11 is 0. The van der Waals surface area contributed by atoms with E-state index >= 15 is 0 Å². The molecule has 0 bridgehead atoms. The van der Waals surface area contributed by atoms with E-state index in [2.05, 4.69) is 5.32 Å². The highest BCUT2D eigenvalue weighted by atomic mass is 28.4. The van der Waals surface area contributed by atoms with Gasteiger partial charge in [0.1, 0.15) is 0 Å². The third-order valence-electron chi connectivity index (χ3n) is 1.81. The van der Waals surface area contributed by atoms with Crippen molar-refractivity contribution in [3.05, 3.63) is 23.9 Å². The molecule has 1 N–H and O–H groups in total. The summed E-state index contributed by atoms with van der Waals surface area (Å²) in [5.74, 6) is -1.41. The lowest BCUT2D eigenvalue weighted by Crippen LogP contribution is -2.29. The minimum absolute atomic E-state index is 0.184.